The van der Waals surface area contributed by atoms with E-state index in [4.69, 9.17) is 0 Å². The Bertz CT molecular complexity index is 330. The monoisotopic (exact) mass is 251 g/mol. The minimum Gasteiger partial charge on any atom is -0.309 e. The Labute approximate surface area is 112 Å². The van der Waals surface area contributed by atoms with Gasteiger partial charge in [-0.25, -0.2) is 0 Å². The first kappa shape index (κ1) is 15.2. The molecule has 1 atom stereocenters. The highest BCUT2D eigenvalue weighted by atomic mass is 15.3. The van der Waals surface area contributed by atoms with E-state index in [-0.39, 0.29) is 0 Å². The standard InChI is InChI=1S/C15H29N3/c1-5-8-9-10-13(4)16-12-15-11-14(6-2)17-18(15)7-3/h11,13,16H,5-10,12H2,1-4H3. The van der Waals surface area contributed by atoms with Gasteiger partial charge >= 0.3 is 0 Å². The van der Waals surface area contributed by atoms with E-state index in [9.17, 15) is 0 Å². The molecule has 0 saturated carbocycles. The third kappa shape index (κ3) is 4.81. The van der Waals surface area contributed by atoms with Crippen LogP contribution in [-0.2, 0) is 19.5 Å². The first-order valence-electron chi connectivity index (χ1n) is 7.50. The minimum atomic E-state index is 0.599. The maximum Gasteiger partial charge on any atom is 0.0625 e. The number of hydrogen-bond acceptors (Lipinski definition) is 2. The molecule has 0 radical (unpaired) electrons. The third-order valence-corrected chi connectivity index (χ3v) is 3.45. The highest BCUT2D eigenvalue weighted by Gasteiger charge is 2.07. The van der Waals surface area contributed by atoms with Crippen LogP contribution in [-0.4, -0.2) is 15.8 Å². The van der Waals surface area contributed by atoms with Crippen LogP contribution < -0.4 is 5.32 Å². The minimum absolute atomic E-state index is 0.599. The van der Waals surface area contributed by atoms with Crippen molar-refractivity contribution in [2.75, 3.05) is 0 Å². The molecule has 1 unspecified atom stereocenters. The summed E-state index contributed by atoms with van der Waals surface area (Å²) in [5.74, 6) is 0. The topological polar surface area (TPSA) is 29.9 Å². The Hall–Kier alpha value is -0.830. The van der Waals surface area contributed by atoms with Crippen molar-refractivity contribution in [3.8, 4) is 0 Å². The first-order valence-corrected chi connectivity index (χ1v) is 7.50. The molecule has 3 heteroatoms. The van der Waals surface area contributed by atoms with Crippen LogP contribution >= 0.6 is 0 Å². The zero-order valence-corrected chi connectivity index (χ0v) is 12.5. The van der Waals surface area contributed by atoms with Crippen LogP contribution in [0.2, 0.25) is 0 Å². The molecule has 1 aromatic rings. The van der Waals surface area contributed by atoms with Crippen LogP contribution in [0.3, 0.4) is 0 Å². The first-order chi connectivity index (χ1) is 8.71. The van der Waals surface area contributed by atoms with Crippen LogP contribution in [0.4, 0.5) is 0 Å². The number of rotatable bonds is 9. The van der Waals surface area contributed by atoms with Gasteiger partial charge in [0.15, 0.2) is 0 Å². The number of nitrogens with one attached hydrogen (secondary N) is 1. The Morgan fingerprint density at radius 1 is 1.28 bits per heavy atom. The van der Waals surface area contributed by atoms with Gasteiger partial charge in [0.1, 0.15) is 0 Å². The fraction of sp³-hybridized carbons (Fsp3) is 0.800. The van der Waals surface area contributed by atoms with Crippen molar-refractivity contribution in [3.63, 3.8) is 0 Å². The molecule has 0 bridgehead atoms. The van der Waals surface area contributed by atoms with Crippen molar-refractivity contribution in [2.24, 2.45) is 0 Å². The maximum absolute atomic E-state index is 4.58. The van der Waals surface area contributed by atoms with E-state index in [0.717, 1.165) is 19.5 Å². The lowest BCUT2D eigenvalue weighted by molar-refractivity contribution is 0.472. The highest BCUT2D eigenvalue weighted by Crippen LogP contribution is 2.07. The number of aromatic nitrogens is 2. The van der Waals surface area contributed by atoms with Gasteiger partial charge in [0.05, 0.1) is 11.4 Å². The smallest absolute Gasteiger partial charge is 0.0625 e. The molecule has 1 N–H and O–H groups in total. The molecule has 1 heterocycles. The molecule has 0 spiro atoms. The van der Waals surface area contributed by atoms with Gasteiger partial charge in [0.2, 0.25) is 0 Å². The van der Waals surface area contributed by atoms with E-state index in [2.05, 4.69) is 48.9 Å². The summed E-state index contributed by atoms with van der Waals surface area (Å²) < 4.78 is 2.12. The van der Waals surface area contributed by atoms with Gasteiger partial charge in [-0.05, 0) is 32.8 Å². The van der Waals surface area contributed by atoms with Crippen molar-refractivity contribution < 1.29 is 0 Å². The molecule has 3 nitrogen and oxygen atoms in total. The van der Waals surface area contributed by atoms with Gasteiger partial charge in [0, 0.05) is 19.1 Å². The van der Waals surface area contributed by atoms with E-state index >= 15 is 0 Å². The molecule has 104 valence electrons. The number of nitrogens with zero attached hydrogens (tertiary/aromatic N) is 2. The van der Waals surface area contributed by atoms with Crippen molar-refractivity contribution in [3.05, 3.63) is 17.5 Å². The molecule has 0 aliphatic carbocycles. The predicted octanol–water partition coefficient (Wildman–Crippen LogP) is 3.52. The molecule has 1 aromatic heterocycles. The molecule has 0 aliphatic heterocycles. The van der Waals surface area contributed by atoms with Gasteiger partial charge in [-0.15, -0.1) is 0 Å². The summed E-state index contributed by atoms with van der Waals surface area (Å²) in [6, 6.07) is 2.83. The van der Waals surface area contributed by atoms with E-state index < -0.39 is 0 Å². The summed E-state index contributed by atoms with van der Waals surface area (Å²) >= 11 is 0. The molecule has 18 heavy (non-hydrogen) atoms. The Morgan fingerprint density at radius 2 is 2.06 bits per heavy atom. The lowest BCUT2D eigenvalue weighted by Gasteiger charge is -2.13. The van der Waals surface area contributed by atoms with Crippen LogP contribution in [0.1, 0.15) is 64.8 Å². The SMILES string of the molecule is CCCCCC(C)NCc1cc(CC)nn1CC. The van der Waals surface area contributed by atoms with E-state index in [1.54, 1.807) is 0 Å². The fourth-order valence-electron chi connectivity index (χ4n) is 2.19. The van der Waals surface area contributed by atoms with Gasteiger partial charge < -0.3 is 5.32 Å². The normalized spacial score (nSPS) is 12.9. The molecular weight excluding hydrogens is 222 g/mol. The van der Waals surface area contributed by atoms with E-state index in [0.29, 0.717) is 6.04 Å². The summed E-state index contributed by atoms with van der Waals surface area (Å²) in [4.78, 5) is 0. The van der Waals surface area contributed by atoms with Crippen molar-refractivity contribution in [1.82, 2.24) is 15.1 Å². The summed E-state index contributed by atoms with van der Waals surface area (Å²) in [7, 11) is 0. The summed E-state index contributed by atoms with van der Waals surface area (Å²) in [5, 5.41) is 8.19. The quantitative estimate of drug-likeness (QED) is 0.681. The van der Waals surface area contributed by atoms with Crippen LogP contribution in [0, 0.1) is 0 Å². The number of aryl methyl sites for hydroxylation is 2. The summed E-state index contributed by atoms with van der Waals surface area (Å²) in [6.07, 6.45) is 6.27. The average molecular weight is 251 g/mol. The third-order valence-electron chi connectivity index (χ3n) is 3.45. The average Bonchev–Trinajstić information content (AvgIpc) is 2.79. The molecule has 0 saturated heterocycles. The second kappa shape index (κ2) is 8.30. The largest absolute Gasteiger partial charge is 0.309 e. The molecule has 1 rings (SSSR count). The van der Waals surface area contributed by atoms with Crippen LogP contribution in [0.15, 0.2) is 6.07 Å². The lowest BCUT2D eigenvalue weighted by Crippen LogP contribution is -2.26. The number of unbranched alkanes of at least 4 members (excludes halogenated alkanes) is 2. The fourth-order valence-corrected chi connectivity index (χ4v) is 2.19. The van der Waals surface area contributed by atoms with Gasteiger partial charge in [-0.3, -0.25) is 4.68 Å². The zero-order valence-electron chi connectivity index (χ0n) is 12.5. The lowest BCUT2D eigenvalue weighted by atomic mass is 10.1. The predicted molar refractivity (Wildman–Crippen MR) is 77.7 cm³/mol. The molecule has 0 aliphatic rings. The van der Waals surface area contributed by atoms with Gasteiger partial charge in [0.25, 0.3) is 0 Å². The maximum atomic E-state index is 4.58. The summed E-state index contributed by atoms with van der Waals surface area (Å²) in [6.45, 7) is 10.7. The van der Waals surface area contributed by atoms with Crippen molar-refractivity contribution in [1.29, 1.82) is 0 Å². The van der Waals surface area contributed by atoms with E-state index in [1.165, 1.54) is 37.1 Å². The molecule has 0 aromatic carbocycles. The molecular formula is C15H29N3. The molecule has 0 amide bonds. The molecule has 0 fully saturated rings. The number of hydrogen-bond donors (Lipinski definition) is 1. The van der Waals surface area contributed by atoms with Gasteiger partial charge in [-0.1, -0.05) is 33.1 Å². The van der Waals surface area contributed by atoms with Crippen molar-refractivity contribution in [2.45, 2.75) is 78.9 Å². The highest BCUT2D eigenvalue weighted by molar-refractivity contribution is 5.10. The Morgan fingerprint density at radius 3 is 2.67 bits per heavy atom. The van der Waals surface area contributed by atoms with Crippen molar-refractivity contribution >= 4 is 0 Å². The van der Waals surface area contributed by atoms with E-state index in [1.807, 2.05) is 0 Å². The zero-order chi connectivity index (χ0) is 13.4. The van der Waals surface area contributed by atoms with Gasteiger partial charge in [-0.2, -0.15) is 5.10 Å². The summed E-state index contributed by atoms with van der Waals surface area (Å²) in [5.41, 5.74) is 2.52. The Balaban J connectivity index is 2.39. The van der Waals surface area contributed by atoms with Crippen LogP contribution in [0.25, 0.3) is 0 Å². The van der Waals surface area contributed by atoms with Crippen LogP contribution in [0.5, 0.6) is 0 Å². The Kier molecular flexibility index (Phi) is 7.02. The second-order valence-corrected chi connectivity index (χ2v) is 5.07. The second-order valence-electron chi connectivity index (χ2n) is 5.07.